The van der Waals surface area contributed by atoms with Crippen molar-refractivity contribution in [3.8, 4) is 5.75 Å². The molecule has 5 heteroatoms. The summed E-state index contributed by atoms with van der Waals surface area (Å²) in [7, 11) is 0. The highest BCUT2D eigenvalue weighted by atomic mass is 35.5. The van der Waals surface area contributed by atoms with Crippen LogP contribution >= 0.6 is 23.2 Å². The van der Waals surface area contributed by atoms with E-state index in [0.717, 1.165) is 43.7 Å². The van der Waals surface area contributed by atoms with E-state index < -0.39 is 0 Å². The lowest BCUT2D eigenvalue weighted by molar-refractivity contribution is 0.0758. The van der Waals surface area contributed by atoms with E-state index in [1.807, 2.05) is 6.07 Å². The zero-order chi connectivity index (χ0) is 15.2. The summed E-state index contributed by atoms with van der Waals surface area (Å²) in [4.78, 5) is 0. The van der Waals surface area contributed by atoms with Crippen molar-refractivity contribution in [3.63, 3.8) is 0 Å². The SMILES string of the molecule is CC(C)OCCCCNC1CCOc2c(Cl)cc(Cl)cc21. The summed E-state index contributed by atoms with van der Waals surface area (Å²) < 4.78 is 11.2. The molecular weight excluding hydrogens is 309 g/mol. The van der Waals surface area contributed by atoms with E-state index >= 15 is 0 Å². The van der Waals surface area contributed by atoms with Crippen LogP contribution in [0.5, 0.6) is 5.75 Å². The molecule has 1 aliphatic heterocycles. The standard InChI is InChI=1S/C16H23Cl2NO2/c1-11(2)20-7-4-3-6-19-15-5-8-21-16-13(15)9-12(17)10-14(16)18/h9-11,15,19H,3-8H2,1-2H3. The van der Waals surface area contributed by atoms with E-state index in [1.54, 1.807) is 6.07 Å². The molecule has 0 bridgehead atoms. The number of hydrogen-bond acceptors (Lipinski definition) is 3. The van der Waals surface area contributed by atoms with Gasteiger partial charge in [0.2, 0.25) is 0 Å². The molecule has 0 saturated heterocycles. The zero-order valence-electron chi connectivity index (χ0n) is 12.6. The number of hydrogen-bond donors (Lipinski definition) is 1. The van der Waals surface area contributed by atoms with Crippen LogP contribution < -0.4 is 10.1 Å². The Hall–Kier alpha value is -0.480. The predicted molar refractivity (Wildman–Crippen MR) is 87.6 cm³/mol. The Kier molecular flexibility index (Phi) is 6.62. The monoisotopic (exact) mass is 331 g/mol. The van der Waals surface area contributed by atoms with E-state index in [2.05, 4.69) is 19.2 Å². The second-order valence-electron chi connectivity index (χ2n) is 5.58. The first-order valence-corrected chi connectivity index (χ1v) is 8.30. The Morgan fingerprint density at radius 3 is 2.90 bits per heavy atom. The van der Waals surface area contributed by atoms with Gasteiger partial charge in [0, 0.05) is 29.7 Å². The van der Waals surface area contributed by atoms with Crippen molar-refractivity contribution in [3.05, 3.63) is 27.7 Å². The Labute approximate surface area is 136 Å². The molecular formula is C16H23Cl2NO2. The van der Waals surface area contributed by atoms with Gasteiger partial charge >= 0.3 is 0 Å². The first-order valence-electron chi connectivity index (χ1n) is 7.54. The number of benzene rings is 1. The topological polar surface area (TPSA) is 30.5 Å². The Morgan fingerprint density at radius 1 is 1.33 bits per heavy atom. The molecule has 1 aliphatic rings. The molecule has 0 aliphatic carbocycles. The Morgan fingerprint density at radius 2 is 2.14 bits per heavy atom. The maximum absolute atomic E-state index is 6.19. The molecule has 0 amide bonds. The summed E-state index contributed by atoms with van der Waals surface area (Å²) in [6, 6.07) is 3.94. The molecule has 3 nitrogen and oxygen atoms in total. The van der Waals surface area contributed by atoms with Gasteiger partial charge in [0.25, 0.3) is 0 Å². The van der Waals surface area contributed by atoms with E-state index in [-0.39, 0.29) is 6.04 Å². The van der Waals surface area contributed by atoms with Crippen LogP contribution in [0.25, 0.3) is 0 Å². The van der Waals surface area contributed by atoms with E-state index in [4.69, 9.17) is 32.7 Å². The molecule has 118 valence electrons. The van der Waals surface area contributed by atoms with Gasteiger partial charge in [0.15, 0.2) is 0 Å². The average Bonchev–Trinajstić information content (AvgIpc) is 2.42. The maximum atomic E-state index is 6.19. The molecule has 1 unspecified atom stereocenters. The molecule has 1 aromatic carbocycles. The fraction of sp³-hybridized carbons (Fsp3) is 0.625. The lowest BCUT2D eigenvalue weighted by Crippen LogP contribution is -2.28. The lowest BCUT2D eigenvalue weighted by Gasteiger charge is -2.27. The smallest absolute Gasteiger partial charge is 0.142 e. The third-order valence-electron chi connectivity index (χ3n) is 3.48. The largest absolute Gasteiger partial charge is 0.492 e. The molecule has 0 spiro atoms. The molecule has 1 N–H and O–H groups in total. The van der Waals surface area contributed by atoms with Crippen molar-refractivity contribution in [2.75, 3.05) is 19.8 Å². The van der Waals surface area contributed by atoms with Gasteiger partial charge in [-0.15, -0.1) is 0 Å². The van der Waals surface area contributed by atoms with Gasteiger partial charge in [0.05, 0.1) is 17.7 Å². The molecule has 0 radical (unpaired) electrons. The molecule has 1 heterocycles. The van der Waals surface area contributed by atoms with Crippen LogP contribution in [0.3, 0.4) is 0 Å². The summed E-state index contributed by atoms with van der Waals surface area (Å²) in [6.45, 7) is 6.58. The lowest BCUT2D eigenvalue weighted by atomic mass is 10.0. The fourth-order valence-corrected chi connectivity index (χ4v) is 3.02. The van der Waals surface area contributed by atoms with Crippen molar-refractivity contribution in [2.24, 2.45) is 0 Å². The minimum Gasteiger partial charge on any atom is -0.492 e. The fourth-order valence-electron chi connectivity index (χ4n) is 2.46. The number of halogens is 2. The maximum Gasteiger partial charge on any atom is 0.142 e. The molecule has 21 heavy (non-hydrogen) atoms. The molecule has 1 atom stereocenters. The zero-order valence-corrected chi connectivity index (χ0v) is 14.1. The summed E-state index contributed by atoms with van der Waals surface area (Å²) in [5, 5.41) is 4.81. The number of ether oxygens (including phenoxy) is 2. The highest BCUT2D eigenvalue weighted by Gasteiger charge is 2.23. The molecule has 2 rings (SSSR count). The highest BCUT2D eigenvalue weighted by Crippen LogP contribution is 2.39. The van der Waals surface area contributed by atoms with Crippen LogP contribution in [0.4, 0.5) is 0 Å². The Bertz CT molecular complexity index is 466. The van der Waals surface area contributed by atoms with Gasteiger partial charge in [-0.2, -0.15) is 0 Å². The van der Waals surface area contributed by atoms with Crippen molar-refractivity contribution in [1.29, 1.82) is 0 Å². The van der Waals surface area contributed by atoms with Gasteiger partial charge in [-0.25, -0.2) is 0 Å². The summed E-state index contributed by atoms with van der Waals surface area (Å²) in [6.07, 6.45) is 3.40. The Balaban J connectivity index is 1.83. The van der Waals surface area contributed by atoms with Crippen molar-refractivity contribution in [2.45, 2.75) is 45.3 Å². The van der Waals surface area contributed by atoms with Gasteiger partial charge in [-0.05, 0) is 45.4 Å². The van der Waals surface area contributed by atoms with E-state index in [1.165, 1.54) is 0 Å². The van der Waals surface area contributed by atoms with Crippen LogP contribution in [-0.4, -0.2) is 25.9 Å². The quantitative estimate of drug-likeness (QED) is 0.740. The van der Waals surface area contributed by atoms with Gasteiger partial charge < -0.3 is 14.8 Å². The third kappa shape index (κ3) is 5.03. The number of fused-ring (bicyclic) bond motifs is 1. The highest BCUT2D eigenvalue weighted by molar-refractivity contribution is 6.35. The van der Waals surface area contributed by atoms with E-state index in [0.29, 0.717) is 22.8 Å². The molecule has 0 aromatic heterocycles. The first-order chi connectivity index (χ1) is 10.1. The van der Waals surface area contributed by atoms with E-state index in [9.17, 15) is 0 Å². The summed E-state index contributed by atoms with van der Waals surface area (Å²) in [5.74, 6) is 0.771. The summed E-state index contributed by atoms with van der Waals surface area (Å²) >= 11 is 12.3. The molecule has 0 saturated carbocycles. The van der Waals surface area contributed by atoms with Gasteiger partial charge in [-0.3, -0.25) is 0 Å². The molecule has 0 fully saturated rings. The van der Waals surface area contributed by atoms with Crippen molar-refractivity contribution in [1.82, 2.24) is 5.32 Å². The number of nitrogens with one attached hydrogen (secondary N) is 1. The van der Waals surface area contributed by atoms with Crippen LogP contribution in [0.2, 0.25) is 10.0 Å². The van der Waals surface area contributed by atoms with Crippen molar-refractivity contribution >= 4 is 23.2 Å². The minimum atomic E-state index is 0.260. The molecule has 1 aromatic rings. The second kappa shape index (κ2) is 8.23. The van der Waals surface area contributed by atoms with Crippen molar-refractivity contribution < 1.29 is 9.47 Å². The van der Waals surface area contributed by atoms with Crippen LogP contribution in [0, 0.1) is 0 Å². The number of rotatable bonds is 7. The first kappa shape index (κ1) is 16.9. The van der Waals surface area contributed by atoms with Gasteiger partial charge in [0.1, 0.15) is 5.75 Å². The number of unbranched alkanes of at least 4 members (excludes halogenated alkanes) is 1. The van der Waals surface area contributed by atoms with Crippen LogP contribution in [0.15, 0.2) is 12.1 Å². The normalized spacial score (nSPS) is 17.7. The average molecular weight is 332 g/mol. The predicted octanol–water partition coefficient (Wildman–Crippen LogP) is 4.61. The summed E-state index contributed by atoms with van der Waals surface area (Å²) in [5.41, 5.74) is 1.07. The van der Waals surface area contributed by atoms with Crippen LogP contribution in [-0.2, 0) is 4.74 Å². The van der Waals surface area contributed by atoms with Crippen LogP contribution in [0.1, 0.15) is 44.7 Å². The third-order valence-corrected chi connectivity index (χ3v) is 3.98. The van der Waals surface area contributed by atoms with Gasteiger partial charge in [-0.1, -0.05) is 23.2 Å². The minimum absolute atomic E-state index is 0.260. The second-order valence-corrected chi connectivity index (χ2v) is 6.42.